The third-order valence-corrected chi connectivity index (χ3v) is 1.78. The summed E-state index contributed by atoms with van der Waals surface area (Å²) in [6.07, 6.45) is 2.66. The molecule has 1 aliphatic rings. The normalized spacial score (nSPS) is 15.6. The van der Waals surface area contributed by atoms with E-state index in [1.165, 1.54) is 0 Å². The molecule has 0 bridgehead atoms. The molecule has 1 heterocycles. The molecule has 1 aliphatic heterocycles. The molecule has 0 amide bonds. The van der Waals surface area contributed by atoms with Crippen LogP contribution in [0.15, 0.2) is 16.8 Å². The van der Waals surface area contributed by atoms with Gasteiger partial charge in [0, 0.05) is 5.61 Å². The van der Waals surface area contributed by atoms with E-state index < -0.39 is 13.1 Å². The molecular weight excluding hydrogens is 185 g/mol. The van der Waals surface area contributed by atoms with Crippen molar-refractivity contribution in [3.05, 3.63) is 11.8 Å². The highest BCUT2D eigenvalue weighted by molar-refractivity contribution is 6.80. The first kappa shape index (κ1) is 10.9. The Morgan fingerprint density at radius 1 is 1.71 bits per heavy atom. The SMILES string of the molecule is CCOC(=O)C1=CCCC(B(O)O)=N1. The number of hydrogen-bond acceptors (Lipinski definition) is 5. The van der Waals surface area contributed by atoms with Crippen molar-refractivity contribution < 1.29 is 19.6 Å². The lowest BCUT2D eigenvalue weighted by atomic mass is 9.79. The molecule has 0 atom stereocenters. The van der Waals surface area contributed by atoms with Gasteiger partial charge in [0.1, 0.15) is 5.70 Å². The Kier molecular flexibility index (Phi) is 3.85. The molecule has 0 unspecified atom stereocenters. The zero-order valence-electron chi connectivity index (χ0n) is 7.93. The highest BCUT2D eigenvalue weighted by atomic mass is 16.5. The largest absolute Gasteiger partial charge is 0.503 e. The standard InChI is InChI=1S/C8H12BNO4/c1-2-14-8(11)6-4-3-5-7(10-6)9(12)13/h4,12-13H,2-3,5H2,1H3. The summed E-state index contributed by atoms with van der Waals surface area (Å²) < 4.78 is 4.73. The van der Waals surface area contributed by atoms with Crippen LogP contribution >= 0.6 is 0 Å². The number of rotatable bonds is 3. The molecular formula is C8H12BNO4. The minimum Gasteiger partial charge on any atom is -0.461 e. The van der Waals surface area contributed by atoms with Crippen LogP contribution in [0.1, 0.15) is 19.8 Å². The Morgan fingerprint density at radius 2 is 2.43 bits per heavy atom. The summed E-state index contributed by atoms with van der Waals surface area (Å²) in [5.41, 5.74) is 0.358. The Hall–Kier alpha value is -1.14. The molecule has 0 aliphatic carbocycles. The molecule has 6 heteroatoms. The molecule has 5 nitrogen and oxygen atoms in total. The first-order valence-electron chi connectivity index (χ1n) is 4.46. The predicted molar refractivity (Wildman–Crippen MR) is 51.6 cm³/mol. The second kappa shape index (κ2) is 4.92. The van der Waals surface area contributed by atoms with Crippen molar-refractivity contribution in [1.82, 2.24) is 0 Å². The van der Waals surface area contributed by atoms with E-state index in [2.05, 4.69) is 4.99 Å². The molecule has 0 saturated heterocycles. The highest BCUT2D eigenvalue weighted by Gasteiger charge is 2.22. The van der Waals surface area contributed by atoms with E-state index >= 15 is 0 Å². The summed E-state index contributed by atoms with van der Waals surface area (Å²) >= 11 is 0. The predicted octanol–water partition coefficient (Wildman–Crippen LogP) is -0.320. The lowest BCUT2D eigenvalue weighted by Crippen LogP contribution is -2.27. The second-order valence-electron chi connectivity index (χ2n) is 2.83. The molecule has 0 fully saturated rings. The van der Waals surface area contributed by atoms with Crippen LogP contribution in [0.2, 0.25) is 0 Å². The second-order valence-corrected chi connectivity index (χ2v) is 2.83. The van der Waals surface area contributed by atoms with Crippen molar-refractivity contribution >= 4 is 18.7 Å². The van der Waals surface area contributed by atoms with Gasteiger partial charge in [-0.05, 0) is 19.8 Å². The first-order valence-corrected chi connectivity index (χ1v) is 4.46. The number of ether oxygens (including phenoxy) is 1. The Labute approximate surface area is 82.2 Å². The molecule has 0 aromatic heterocycles. The van der Waals surface area contributed by atoms with Crippen LogP contribution in [0.4, 0.5) is 0 Å². The molecule has 0 spiro atoms. The summed E-state index contributed by atoms with van der Waals surface area (Å²) in [5, 5.41) is 17.7. The summed E-state index contributed by atoms with van der Waals surface area (Å²) in [5.74, 6) is -0.523. The number of hydrogen-bond donors (Lipinski definition) is 2. The first-order chi connectivity index (χ1) is 6.65. The van der Waals surface area contributed by atoms with Gasteiger partial charge < -0.3 is 14.8 Å². The van der Waals surface area contributed by atoms with Gasteiger partial charge in [-0.2, -0.15) is 0 Å². The fourth-order valence-electron chi connectivity index (χ4n) is 1.13. The molecule has 76 valence electrons. The summed E-state index contributed by atoms with van der Waals surface area (Å²) in [6.45, 7) is 1.98. The van der Waals surface area contributed by atoms with Gasteiger partial charge in [-0.3, -0.25) is 4.99 Å². The molecule has 0 saturated carbocycles. The monoisotopic (exact) mass is 197 g/mol. The van der Waals surface area contributed by atoms with Crippen LogP contribution in [0.25, 0.3) is 0 Å². The average Bonchev–Trinajstić information content (AvgIpc) is 2.18. The molecule has 14 heavy (non-hydrogen) atoms. The minimum absolute atomic E-state index is 0.154. The molecule has 1 rings (SSSR count). The van der Waals surface area contributed by atoms with Crippen LogP contribution in [0.5, 0.6) is 0 Å². The van der Waals surface area contributed by atoms with Gasteiger partial charge >= 0.3 is 13.1 Å². The van der Waals surface area contributed by atoms with E-state index in [-0.39, 0.29) is 17.9 Å². The highest BCUT2D eigenvalue weighted by Crippen LogP contribution is 2.12. The lowest BCUT2D eigenvalue weighted by Gasteiger charge is -2.10. The summed E-state index contributed by atoms with van der Waals surface area (Å²) in [6, 6.07) is 0. The van der Waals surface area contributed by atoms with E-state index in [9.17, 15) is 4.79 Å². The third kappa shape index (κ3) is 2.68. The fraction of sp³-hybridized carbons (Fsp3) is 0.500. The van der Waals surface area contributed by atoms with Gasteiger partial charge in [0.2, 0.25) is 0 Å². The smallest absolute Gasteiger partial charge is 0.461 e. The maximum atomic E-state index is 11.2. The summed E-state index contributed by atoms with van der Waals surface area (Å²) in [7, 11) is -1.59. The van der Waals surface area contributed by atoms with Gasteiger partial charge in [-0.15, -0.1) is 0 Å². The van der Waals surface area contributed by atoms with Crippen molar-refractivity contribution in [1.29, 1.82) is 0 Å². The van der Waals surface area contributed by atoms with Gasteiger partial charge in [0.25, 0.3) is 0 Å². The van der Waals surface area contributed by atoms with Crippen molar-refractivity contribution in [3.8, 4) is 0 Å². The fourth-order valence-corrected chi connectivity index (χ4v) is 1.13. The molecule has 0 aromatic carbocycles. The maximum absolute atomic E-state index is 11.2. The lowest BCUT2D eigenvalue weighted by molar-refractivity contribution is -0.138. The quantitative estimate of drug-likeness (QED) is 0.480. The Bertz CT molecular complexity index is 285. The average molecular weight is 197 g/mol. The van der Waals surface area contributed by atoms with Gasteiger partial charge in [0.05, 0.1) is 6.61 Å². The molecule has 2 N–H and O–H groups in total. The Balaban J connectivity index is 2.71. The number of nitrogens with zero attached hydrogens (tertiary/aromatic N) is 1. The van der Waals surface area contributed by atoms with E-state index in [0.29, 0.717) is 12.8 Å². The number of carbonyl (C=O) groups excluding carboxylic acids is 1. The topological polar surface area (TPSA) is 79.1 Å². The van der Waals surface area contributed by atoms with Crippen molar-refractivity contribution in [2.24, 2.45) is 4.99 Å². The third-order valence-electron chi connectivity index (χ3n) is 1.78. The van der Waals surface area contributed by atoms with Gasteiger partial charge in [-0.25, -0.2) is 4.79 Å². The van der Waals surface area contributed by atoms with Crippen molar-refractivity contribution in [2.45, 2.75) is 19.8 Å². The van der Waals surface area contributed by atoms with Crippen LogP contribution in [-0.2, 0) is 9.53 Å². The summed E-state index contributed by atoms with van der Waals surface area (Å²) in [4.78, 5) is 15.0. The van der Waals surface area contributed by atoms with Crippen LogP contribution in [0, 0.1) is 0 Å². The Morgan fingerprint density at radius 3 is 3.00 bits per heavy atom. The van der Waals surface area contributed by atoms with Crippen LogP contribution < -0.4 is 0 Å². The van der Waals surface area contributed by atoms with E-state index in [1.54, 1.807) is 13.0 Å². The van der Waals surface area contributed by atoms with Crippen molar-refractivity contribution in [3.63, 3.8) is 0 Å². The van der Waals surface area contributed by atoms with E-state index in [4.69, 9.17) is 14.8 Å². The van der Waals surface area contributed by atoms with E-state index in [0.717, 1.165) is 0 Å². The number of esters is 1. The van der Waals surface area contributed by atoms with Gasteiger partial charge in [0.15, 0.2) is 0 Å². The van der Waals surface area contributed by atoms with Crippen LogP contribution in [-0.4, -0.2) is 35.4 Å². The number of allylic oxidation sites excluding steroid dienone is 1. The number of aliphatic imine (C=N–C) groups is 1. The zero-order chi connectivity index (χ0) is 10.6. The van der Waals surface area contributed by atoms with E-state index in [1.807, 2.05) is 0 Å². The van der Waals surface area contributed by atoms with Crippen LogP contribution in [0.3, 0.4) is 0 Å². The minimum atomic E-state index is -1.59. The zero-order valence-corrected chi connectivity index (χ0v) is 7.93. The number of carbonyl (C=O) groups is 1. The van der Waals surface area contributed by atoms with Gasteiger partial charge in [-0.1, -0.05) is 6.08 Å². The maximum Gasteiger partial charge on any atom is 0.503 e. The van der Waals surface area contributed by atoms with Crippen molar-refractivity contribution in [2.75, 3.05) is 6.61 Å². The molecule has 0 aromatic rings. The molecule has 0 radical (unpaired) electrons.